The van der Waals surface area contributed by atoms with Gasteiger partial charge in [-0.2, -0.15) is 10.1 Å². The molecule has 0 aliphatic heterocycles. The minimum absolute atomic E-state index is 0. The van der Waals surface area contributed by atoms with E-state index < -0.39 is 5.54 Å². The Labute approximate surface area is 150 Å². The molecule has 1 fully saturated rings. The summed E-state index contributed by atoms with van der Waals surface area (Å²) in [5, 5.41) is 9.93. The van der Waals surface area contributed by atoms with Crippen LogP contribution in [0.4, 0.5) is 0 Å². The zero-order chi connectivity index (χ0) is 16.2. The number of nitrogens with zero attached hydrogens (tertiary/aromatic N) is 4. The molecule has 0 radical (unpaired) electrons. The molecule has 0 saturated heterocycles. The standard InChI is InChI=1S/C16H21N5OS.ClH/c1-9(2)12-10-8-11(23-14(10)21(3)19-12)13-18-15(20-22-13)16(17)6-4-5-7-16;/h8-9H,4-7,17H2,1-3H3;1H. The topological polar surface area (TPSA) is 82.8 Å². The van der Waals surface area contributed by atoms with E-state index in [0.717, 1.165) is 41.1 Å². The van der Waals surface area contributed by atoms with Crippen molar-refractivity contribution in [2.75, 3.05) is 0 Å². The van der Waals surface area contributed by atoms with Crippen LogP contribution in [0.25, 0.3) is 21.0 Å². The van der Waals surface area contributed by atoms with E-state index in [1.165, 1.54) is 5.39 Å². The summed E-state index contributed by atoms with van der Waals surface area (Å²) in [7, 11) is 1.97. The highest BCUT2D eigenvalue weighted by Gasteiger charge is 2.36. The first-order chi connectivity index (χ1) is 11.0. The molecule has 1 saturated carbocycles. The number of hydrogen-bond donors (Lipinski definition) is 1. The van der Waals surface area contributed by atoms with E-state index >= 15 is 0 Å². The average molecular weight is 368 g/mol. The first-order valence-corrected chi connectivity index (χ1v) is 8.89. The fourth-order valence-electron chi connectivity index (χ4n) is 3.35. The van der Waals surface area contributed by atoms with Crippen LogP contribution in [-0.2, 0) is 12.6 Å². The summed E-state index contributed by atoms with van der Waals surface area (Å²) >= 11 is 1.63. The van der Waals surface area contributed by atoms with Gasteiger partial charge in [0.2, 0.25) is 0 Å². The smallest absolute Gasteiger partial charge is 0.268 e. The van der Waals surface area contributed by atoms with Gasteiger partial charge in [0.05, 0.1) is 16.1 Å². The number of thiophene rings is 1. The number of rotatable bonds is 3. The average Bonchev–Trinajstić information content (AvgIpc) is 3.23. The van der Waals surface area contributed by atoms with Crippen molar-refractivity contribution in [1.82, 2.24) is 19.9 Å². The maximum atomic E-state index is 6.42. The van der Waals surface area contributed by atoms with Gasteiger partial charge in [-0.3, -0.25) is 4.68 Å². The van der Waals surface area contributed by atoms with Crippen molar-refractivity contribution >= 4 is 34.0 Å². The molecule has 24 heavy (non-hydrogen) atoms. The van der Waals surface area contributed by atoms with E-state index in [4.69, 9.17) is 10.3 Å². The summed E-state index contributed by atoms with van der Waals surface area (Å²) in [6.45, 7) is 4.31. The lowest BCUT2D eigenvalue weighted by molar-refractivity contribution is 0.373. The van der Waals surface area contributed by atoms with E-state index in [-0.39, 0.29) is 12.4 Å². The first kappa shape index (κ1) is 17.4. The van der Waals surface area contributed by atoms with Gasteiger partial charge in [0, 0.05) is 12.4 Å². The summed E-state index contributed by atoms with van der Waals surface area (Å²) in [6, 6.07) is 2.11. The second-order valence-electron chi connectivity index (χ2n) is 6.78. The summed E-state index contributed by atoms with van der Waals surface area (Å²) in [6.07, 6.45) is 4.12. The third-order valence-electron chi connectivity index (χ3n) is 4.66. The van der Waals surface area contributed by atoms with Crippen molar-refractivity contribution in [2.24, 2.45) is 12.8 Å². The van der Waals surface area contributed by atoms with Crippen molar-refractivity contribution in [3.8, 4) is 10.8 Å². The van der Waals surface area contributed by atoms with Crippen LogP contribution in [0.1, 0.15) is 57.0 Å². The Balaban J connectivity index is 0.00000169. The number of nitrogens with two attached hydrogens (primary N) is 1. The van der Waals surface area contributed by atoms with Gasteiger partial charge in [0.15, 0.2) is 5.82 Å². The molecule has 4 rings (SSSR count). The molecule has 0 unspecified atom stereocenters. The number of halogens is 1. The van der Waals surface area contributed by atoms with Crippen LogP contribution >= 0.6 is 23.7 Å². The van der Waals surface area contributed by atoms with Gasteiger partial charge in [0.1, 0.15) is 4.83 Å². The van der Waals surface area contributed by atoms with Crippen LogP contribution < -0.4 is 5.73 Å². The highest BCUT2D eigenvalue weighted by atomic mass is 35.5. The zero-order valence-corrected chi connectivity index (χ0v) is 15.7. The Hall–Kier alpha value is -1.44. The maximum absolute atomic E-state index is 6.42. The zero-order valence-electron chi connectivity index (χ0n) is 14.1. The number of aromatic nitrogens is 4. The fourth-order valence-corrected chi connectivity index (χ4v) is 4.36. The van der Waals surface area contributed by atoms with Crippen LogP contribution in [0.2, 0.25) is 0 Å². The molecule has 3 heterocycles. The van der Waals surface area contributed by atoms with Crippen LogP contribution in [0.5, 0.6) is 0 Å². The molecular weight excluding hydrogens is 346 g/mol. The highest BCUT2D eigenvalue weighted by molar-refractivity contribution is 7.21. The molecule has 6 nitrogen and oxygen atoms in total. The molecule has 3 aromatic rings. The summed E-state index contributed by atoms with van der Waals surface area (Å²) < 4.78 is 7.44. The molecule has 1 aliphatic rings. The number of hydrogen-bond acceptors (Lipinski definition) is 6. The Kier molecular flexibility index (Phi) is 4.44. The molecule has 8 heteroatoms. The van der Waals surface area contributed by atoms with Crippen LogP contribution in [-0.4, -0.2) is 19.9 Å². The summed E-state index contributed by atoms with van der Waals surface area (Å²) in [5.41, 5.74) is 7.11. The summed E-state index contributed by atoms with van der Waals surface area (Å²) in [4.78, 5) is 6.70. The molecule has 130 valence electrons. The molecular formula is C16H22ClN5OS. The highest BCUT2D eigenvalue weighted by Crippen LogP contribution is 2.39. The van der Waals surface area contributed by atoms with Gasteiger partial charge in [-0.05, 0) is 24.8 Å². The third-order valence-corrected chi connectivity index (χ3v) is 5.85. The van der Waals surface area contributed by atoms with Crippen LogP contribution in [0, 0.1) is 0 Å². The number of fused-ring (bicyclic) bond motifs is 1. The van der Waals surface area contributed by atoms with Crippen molar-refractivity contribution in [1.29, 1.82) is 0 Å². The first-order valence-electron chi connectivity index (χ1n) is 8.08. The second kappa shape index (κ2) is 6.13. The second-order valence-corrected chi connectivity index (χ2v) is 7.81. The fraction of sp³-hybridized carbons (Fsp3) is 0.562. The van der Waals surface area contributed by atoms with E-state index in [1.807, 2.05) is 11.7 Å². The molecule has 0 spiro atoms. The predicted octanol–water partition coefficient (Wildman–Crippen LogP) is 3.96. The van der Waals surface area contributed by atoms with E-state index in [2.05, 4.69) is 35.2 Å². The van der Waals surface area contributed by atoms with Gasteiger partial charge in [0.25, 0.3) is 5.89 Å². The third kappa shape index (κ3) is 2.64. The Bertz CT molecular complexity index is 859. The van der Waals surface area contributed by atoms with E-state index in [9.17, 15) is 0 Å². The molecule has 0 aromatic carbocycles. The van der Waals surface area contributed by atoms with Gasteiger partial charge in [-0.25, -0.2) is 0 Å². The number of aryl methyl sites for hydroxylation is 1. The minimum atomic E-state index is -0.414. The van der Waals surface area contributed by atoms with Crippen LogP contribution in [0.15, 0.2) is 10.6 Å². The SMILES string of the molecule is CC(C)c1nn(C)c2sc(-c3nc(C4(N)CCCC4)no3)cc12.Cl. The van der Waals surface area contributed by atoms with Crippen LogP contribution in [0.3, 0.4) is 0 Å². The minimum Gasteiger partial charge on any atom is -0.333 e. The molecule has 0 amide bonds. The van der Waals surface area contributed by atoms with Gasteiger partial charge in [-0.1, -0.05) is 31.8 Å². The lowest BCUT2D eigenvalue weighted by Crippen LogP contribution is -2.34. The largest absolute Gasteiger partial charge is 0.333 e. The molecule has 3 aromatic heterocycles. The Morgan fingerprint density at radius 3 is 2.71 bits per heavy atom. The van der Waals surface area contributed by atoms with Gasteiger partial charge in [-0.15, -0.1) is 23.7 Å². The molecule has 2 N–H and O–H groups in total. The van der Waals surface area contributed by atoms with E-state index in [0.29, 0.717) is 17.6 Å². The lowest BCUT2D eigenvalue weighted by Gasteiger charge is -2.17. The molecule has 0 atom stereocenters. The molecule has 1 aliphatic carbocycles. The Morgan fingerprint density at radius 2 is 2.04 bits per heavy atom. The van der Waals surface area contributed by atoms with E-state index in [1.54, 1.807) is 11.3 Å². The molecule has 0 bridgehead atoms. The Morgan fingerprint density at radius 1 is 1.33 bits per heavy atom. The predicted molar refractivity (Wildman–Crippen MR) is 97.6 cm³/mol. The normalized spacial score (nSPS) is 16.9. The van der Waals surface area contributed by atoms with Crippen molar-refractivity contribution in [3.63, 3.8) is 0 Å². The van der Waals surface area contributed by atoms with Gasteiger partial charge < -0.3 is 10.3 Å². The van der Waals surface area contributed by atoms with Crippen molar-refractivity contribution < 1.29 is 4.52 Å². The van der Waals surface area contributed by atoms with Crippen molar-refractivity contribution in [3.05, 3.63) is 17.6 Å². The summed E-state index contributed by atoms with van der Waals surface area (Å²) in [5.74, 6) is 1.59. The lowest BCUT2D eigenvalue weighted by atomic mass is 9.99. The van der Waals surface area contributed by atoms with Crippen molar-refractivity contribution in [2.45, 2.75) is 51.0 Å². The maximum Gasteiger partial charge on any atom is 0.268 e. The quantitative estimate of drug-likeness (QED) is 0.757. The van der Waals surface area contributed by atoms with Gasteiger partial charge >= 0.3 is 0 Å². The monoisotopic (exact) mass is 367 g/mol.